The highest BCUT2D eigenvalue weighted by Crippen LogP contribution is 2.28. The first kappa shape index (κ1) is 11.8. The molecular weight excluding hydrogens is 218 g/mol. The third-order valence-corrected chi connectivity index (χ3v) is 3.83. The van der Waals surface area contributed by atoms with Gasteiger partial charge >= 0.3 is 0 Å². The predicted octanol–water partition coefficient (Wildman–Crippen LogP) is 4.58. The molecule has 1 aliphatic carbocycles. The molecule has 0 bridgehead atoms. The lowest BCUT2D eigenvalue weighted by atomic mass is 9.83. The van der Waals surface area contributed by atoms with Crippen molar-refractivity contribution in [2.24, 2.45) is 11.8 Å². The van der Waals surface area contributed by atoms with Gasteiger partial charge in [0.25, 0.3) is 0 Å². The zero-order valence-corrected chi connectivity index (χ0v) is 10.6. The molecule has 0 aromatic heterocycles. The van der Waals surface area contributed by atoms with E-state index < -0.39 is 0 Å². The van der Waals surface area contributed by atoms with Crippen LogP contribution in [0.15, 0.2) is 24.3 Å². The van der Waals surface area contributed by atoms with Crippen molar-refractivity contribution in [2.75, 3.05) is 11.9 Å². The van der Waals surface area contributed by atoms with Crippen LogP contribution in [0.2, 0.25) is 5.02 Å². The third kappa shape index (κ3) is 3.41. The summed E-state index contributed by atoms with van der Waals surface area (Å²) in [5, 5.41) is 4.30. The molecule has 88 valence electrons. The fourth-order valence-corrected chi connectivity index (χ4v) is 2.49. The van der Waals surface area contributed by atoms with Crippen molar-refractivity contribution in [1.29, 1.82) is 0 Å². The van der Waals surface area contributed by atoms with Crippen LogP contribution in [0.4, 0.5) is 5.69 Å². The van der Waals surface area contributed by atoms with Crippen LogP contribution < -0.4 is 5.32 Å². The quantitative estimate of drug-likeness (QED) is 0.812. The van der Waals surface area contributed by atoms with Gasteiger partial charge in [0.2, 0.25) is 0 Å². The van der Waals surface area contributed by atoms with E-state index in [1.807, 2.05) is 24.3 Å². The summed E-state index contributed by atoms with van der Waals surface area (Å²) in [5.74, 6) is 1.79. The van der Waals surface area contributed by atoms with Crippen molar-refractivity contribution in [1.82, 2.24) is 0 Å². The molecule has 1 nitrogen and oxygen atoms in total. The molecule has 1 fully saturated rings. The van der Waals surface area contributed by atoms with E-state index in [1.54, 1.807) is 0 Å². The molecule has 1 saturated carbocycles. The summed E-state index contributed by atoms with van der Waals surface area (Å²) >= 11 is 5.85. The lowest BCUT2D eigenvalue weighted by Gasteiger charge is -2.26. The molecule has 1 aromatic carbocycles. The van der Waals surface area contributed by atoms with Gasteiger partial charge in [-0.15, -0.1) is 0 Å². The van der Waals surface area contributed by atoms with Crippen molar-refractivity contribution in [3.63, 3.8) is 0 Å². The first-order valence-electron chi connectivity index (χ1n) is 6.23. The molecule has 1 N–H and O–H groups in total. The normalized spacial score (nSPS) is 25.4. The molecule has 0 atom stereocenters. The Bertz CT molecular complexity index is 312. The number of hydrogen-bond acceptors (Lipinski definition) is 1. The maximum Gasteiger partial charge on any atom is 0.0407 e. The first-order chi connectivity index (χ1) is 7.74. The van der Waals surface area contributed by atoms with Gasteiger partial charge in [0.1, 0.15) is 0 Å². The average Bonchev–Trinajstić information content (AvgIpc) is 2.30. The van der Waals surface area contributed by atoms with Gasteiger partial charge in [0, 0.05) is 17.3 Å². The topological polar surface area (TPSA) is 12.0 Å². The molecular formula is C14H20ClN. The van der Waals surface area contributed by atoms with E-state index in [2.05, 4.69) is 12.2 Å². The number of anilines is 1. The second-order valence-electron chi connectivity index (χ2n) is 5.01. The Morgan fingerprint density at radius 2 is 1.75 bits per heavy atom. The third-order valence-electron chi connectivity index (χ3n) is 3.57. The van der Waals surface area contributed by atoms with E-state index in [4.69, 9.17) is 11.6 Å². The van der Waals surface area contributed by atoms with Gasteiger partial charge in [0.15, 0.2) is 0 Å². The summed E-state index contributed by atoms with van der Waals surface area (Å²) in [6.07, 6.45) is 5.55. The number of rotatable bonds is 3. The second-order valence-corrected chi connectivity index (χ2v) is 5.45. The Labute approximate surface area is 103 Å². The maximum absolute atomic E-state index is 5.85. The fraction of sp³-hybridized carbons (Fsp3) is 0.571. The van der Waals surface area contributed by atoms with Crippen LogP contribution >= 0.6 is 11.6 Å². The minimum absolute atomic E-state index is 0.803. The number of nitrogens with one attached hydrogen (secondary N) is 1. The Morgan fingerprint density at radius 1 is 1.12 bits per heavy atom. The zero-order valence-electron chi connectivity index (χ0n) is 9.88. The van der Waals surface area contributed by atoms with E-state index >= 15 is 0 Å². The number of halogens is 1. The molecule has 0 saturated heterocycles. The summed E-state index contributed by atoms with van der Waals surface area (Å²) in [6.45, 7) is 3.47. The average molecular weight is 238 g/mol. The van der Waals surface area contributed by atoms with Gasteiger partial charge in [-0.2, -0.15) is 0 Å². The summed E-state index contributed by atoms with van der Waals surface area (Å²) in [7, 11) is 0. The summed E-state index contributed by atoms with van der Waals surface area (Å²) in [4.78, 5) is 0. The van der Waals surface area contributed by atoms with Crippen LogP contribution in [0, 0.1) is 11.8 Å². The Balaban J connectivity index is 1.77. The number of benzene rings is 1. The van der Waals surface area contributed by atoms with E-state index in [-0.39, 0.29) is 0 Å². The molecule has 2 rings (SSSR count). The molecule has 2 heteroatoms. The SMILES string of the molecule is CC1CCC(CNc2ccc(Cl)cc2)CC1. The highest BCUT2D eigenvalue weighted by atomic mass is 35.5. The summed E-state index contributed by atoms with van der Waals surface area (Å²) in [5.41, 5.74) is 1.18. The number of hydrogen-bond donors (Lipinski definition) is 1. The molecule has 0 amide bonds. The molecule has 0 heterocycles. The molecule has 1 aliphatic rings. The van der Waals surface area contributed by atoms with Crippen LogP contribution in [0.1, 0.15) is 32.6 Å². The second kappa shape index (κ2) is 5.58. The van der Waals surface area contributed by atoms with Gasteiger partial charge in [-0.1, -0.05) is 31.4 Å². The van der Waals surface area contributed by atoms with Crippen LogP contribution in [-0.2, 0) is 0 Å². The maximum atomic E-state index is 5.85. The fourth-order valence-electron chi connectivity index (χ4n) is 2.36. The molecule has 0 aliphatic heterocycles. The molecule has 1 aromatic rings. The van der Waals surface area contributed by atoms with Crippen molar-refractivity contribution in [3.8, 4) is 0 Å². The molecule has 0 radical (unpaired) electrons. The van der Waals surface area contributed by atoms with Gasteiger partial charge < -0.3 is 5.32 Å². The summed E-state index contributed by atoms with van der Waals surface area (Å²) < 4.78 is 0. The van der Waals surface area contributed by atoms with Crippen molar-refractivity contribution < 1.29 is 0 Å². The largest absolute Gasteiger partial charge is 0.385 e. The Morgan fingerprint density at radius 3 is 2.38 bits per heavy atom. The minimum Gasteiger partial charge on any atom is -0.385 e. The van der Waals surface area contributed by atoms with Crippen LogP contribution in [-0.4, -0.2) is 6.54 Å². The first-order valence-corrected chi connectivity index (χ1v) is 6.61. The summed E-state index contributed by atoms with van der Waals surface area (Å²) in [6, 6.07) is 7.97. The van der Waals surface area contributed by atoms with Crippen molar-refractivity contribution >= 4 is 17.3 Å². The molecule has 0 spiro atoms. The van der Waals surface area contributed by atoms with Gasteiger partial charge in [-0.05, 0) is 48.9 Å². The Kier molecular flexibility index (Phi) is 4.11. The monoisotopic (exact) mass is 237 g/mol. The van der Waals surface area contributed by atoms with Crippen LogP contribution in [0.25, 0.3) is 0 Å². The predicted molar refractivity (Wildman–Crippen MR) is 71.1 cm³/mol. The van der Waals surface area contributed by atoms with E-state index in [9.17, 15) is 0 Å². The lowest BCUT2D eigenvalue weighted by Crippen LogP contribution is -2.20. The lowest BCUT2D eigenvalue weighted by molar-refractivity contribution is 0.300. The zero-order chi connectivity index (χ0) is 11.4. The molecule has 16 heavy (non-hydrogen) atoms. The smallest absolute Gasteiger partial charge is 0.0407 e. The standard InChI is InChI=1S/C14H20ClN/c1-11-2-4-12(5-3-11)10-16-14-8-6-13(15)7-9-14/h6-9,11-12,16H,2-5,10H2,1H3. The highest BCUT2D eigenvalue weighted by Gasteiger charge is 2.17. The van der Waals surface area contributed by atoms with E-state index in [1.165, 1.54) is 31.4 Å². The van der Waals surface area contributed by atoms with Crippen molar-refractivity contribution in [2.45, 2.75) is 32.6 Å². The van der Waals surface area contributed by atoms with Gasteiger partial charge in [-0.3, -0.25) is 0 Å². The van der Waals surface area contributed by atoms with Crippen LogP contribution in [0.5, 0.6) is 0 Å². The van der Waals surface area contributed by atoms with E-state index in [0.717, 1.165) is 23.4 Å². The van der Waals surface area contributed by atoms with Gasteiger partial charge in [-0.25, -0.2) is 0 Å². The van der Waals surface area contributed by atoms with Gasteiger partial charge in [0.05, 0.1) is 0 Å². The highest BCUT2D eigenvalue weighted by molar-refractivity contribution is 6.30. The van der Waals surface area contributed by atoms with Crippen LogP contribution in [0.3, 0.4) is 0 Å². The Hall–Kier alpha value is -0.690. The minimum atomic E-state index is 0.803. The van der Waals surface area contributed by atoms with Crippen molar-refractivity contribution in [3.05, 3.63) is 29.3 Å². The molecule has 0 unspecified atom stereocenters. The van der Waals surface area contributed by atoms with E-state index in [0.29, 0.717) is 0 Å².